The number of allylic oxidation sites excluding steroid dienone is 4. The van der Waals surface area contributed by atoms with Gasteiger partial charge in [0.2, 0.25) is 0 Å². The summed E-state index contributed by atoms with van der Waals surface area (Å²) in [6.07, 6.45) is 5.95. The Hall–Kier alpha value is -1.63. The number of fused-ring (bicyclic) bond motifs is 3. The Morgan fingerprint density at radius 3 is 2.19 bits per heavy atom. The van der Waals surface area contributed by atoms with E-state index in [9.17, 15) is 0 Å². The van der Waals surface area contributed by atoms with Gasteiger partial charge in [-0.1, -0.05) is 0 Å². The average Bonchev–Trinajstić information content (AvgIpc) is 3.51. The van der Waals surface area contributed by atoms with E-state index < -0.39 is 21.3 Å². The van der Waals surface area contributed by atoms with Crippen molar-refractivity contribution in [2.45, 2.75) is 79.6 Å². The van der Waals surface area contributed by atoms with E-state index in [1.807, 2.05) is 11.3 Å². The van der Waals surface area contributed by atoms with E-state index >= 15 is 0 Å². The Morgan fingerprint density at radius 2 is 1.58 bits per heavy atom. The van der Waals surface area contributed by atoms with Crippen LogP contribution in [0.25, 0.3) is 16.7 Å². The van der Waals surface area contributed by atoms with Crippen LogP contribution in [-0.2, 0) is 38.5 Å². The summed E-state index contributed by atoms with van der Waals surface area (Å²) < 4.78 is 5.15. The van der Waals surface area contributed by atoms with E-state index in [0.717, 1.165) is 6.42 Å². The van der Waals surface area contributed by atoms with E-state index in [-0.39, 0.29) is 10.8 Å². The fourth-order valence-corrected chi connectivity index (χ4v) is 14.4. The molecule has 0 radical (unpaired) electrons. The van der Waals surface area contributed by atoms with Crippen molar-refractivity contribution in [3.8, 4) is 11.1 Å². The summed E-state index contributed by atoms with van der Waals surface area (Å²) >= 11 is -0.530. The van der Waals surface area contributed by atoms with Crippen molar-refractivity contribution < 1.29 is 21.3 Å². The van der Waals surface area contributed by atoms with E-state index in [0.29, 0.717) is 5.92 Å². The first kappa shape index (κ1) is 26.0. The molecule has 0 fully saturated rings. The molecule has 2 heteroatoms. The van der Waals surface area contributed by atoms with Gasteiger partial charge in [0.05, 0.1) is 0 Å². The molecule has 2 aromatic carbocycles. The van der Waals surface area contributed by atoms with Crippen LogP contribution in [0.4, 0.5) is 0 Å². The third-order valence-corrected chi connectivity index (χ3v) is 16.6. The second kappa shape index (κ2) is 9.29. The molecule has 36 heavy (non-hydrogen) atoms. The third-order valence-electron chi connectivity index (χ3n) is 7.92. The van der Waals surface area contributed by atoms with Crippen molar-refractivity contribution in [2.24, 2.45) is 5.92 Å². The first-order chi connectivity index (χ1) is 16.9. The number of thiophene rings is 1. The van der Waals surface area contributed by atoms with Gasteiger partial charge < -0.3 is 0 Å². The predicted octanol–water partition coefficient (Wildman–Crippen LogP) is 8.99. The second-order valence-electron chi connectivity index (χ2n) is 13.0. The molecule has 0 saturated heterocycles. The molecule has 0 amide bonds. The summed E-state index contributed by atoms with van der Waals surface area (Å²) in [4.78, 5) is 0. The summed E-state index contributed by atoms with van der Waals surface area (Å²) in [6.45, 7) is 21.4. The monoisotopic (exact) mass is 570 g/mol. The van der Waals surface area contributed by atoms with Crippen molar-refractivity contribution >= 4 is 23.4 Å². The Labute approximate surface area is 230 Å². The molecule has 1 atom stereocenters. The zero-order valence-electron chi connectivity index (χ0n) is 23.5. The van der Waals surface area contributed by atoms with Crippen LogP contribution in [0.15, 0.2) is 62.6 Å². The molecular formula is C34H40SZr. The van der Waals surface area contributed by atoms with Gasteiger partial charge in [-0.05, 0) is 0 Å². The molecule has 0 nitrogen and oxygen atoms in total. The SMILES string of the molecule is C[C](C)=[Zr]([C]1=C(c2ccsc2)C=CC1C)[c]1cc(C(C)(C)C)cc2c1Cc1ccc(C(C)(C)C)cc1-2. The molecule has 2 aliphatic carbocycles. The zero-order valence-corrected chi connectivity index (χ0v) is 26.7. The first-order valence-electron chi connectivity index (χ1n) is 13.3. The van der Waals surface area contributed by atoms with E-state index in [1.54, 1.807) is 15.3 Å². The van der Waals surface area contributed by atoms with Crippen molar-refractivity contribution in [3.05, 3.63) is 90.4 Å². The Kier molecular flexibility index (Phi) is 6.71. The molecule has 5 rings (SSSR count). The normalized spacial score (nSPS) is 17.0. The molecule has 0 aliphatic heterocycles. The number of benzene rings is 2. The van der Waals surface area contributed by atoms with Crippen LogP contribution < -0.4 is 3.27 Å². The molecular weight excluding hydrogens is 532 g/mol. The van der Waals surface area contributed by atoms with Gasteiger partial charge in [0, 0.05) is 0 Å². The van der Waals surface area contributed by atoms with E-state index in [2.05, 4.69) is 122 Å². The molecule has 0 bridgehead atoms. The van der Waals surface area contributed by atoms with Crippen molar-refractivity contribution in [2.75, 3.05) is 0 Å². The van der Waals surface area contributed by atoms with E-state index in [1.165, 1.54) is 39.0 Å². The maximum absolute atomic E-state index is 2.64. The minimum atomic E-state index is -2.34. The van der Waals surface area contributed by atoms with Gasteiger partial charge in [0.1, 0.15) is 0 Å². The molecule has 186 valence electrons. The van der Waals surface area contributed by atoms with Crippen LogP contribution in [-0.4, -0.2) is 3.21 Å². The molecule has 1 aromatic heterocycles. The van der Waals surface area contributed by atoms with Gasteiger partial charge in [-0.3, -0.25) is 0 Å². The number of rotatable bonds is 3. The Bertz CT molecular complexity index is 1430. The van der Waals surface area contributed by atoms with Gasteiger partial charge in [-0.25, -0.2) is 0 Å². The fourth-order valence-electron chi connectivity index (χ4n) is 5.78. The summed E-state index contributed by atoms with van der Waals surface area (Å²) in [5, 5.41) is 4.56. The molecule has 3 aromatic rings. The first-order valence-corrected chi connectivity index (χ1v) is 17.9. The summed E-state index contributed by atoms with van der Waals surface area (Å²) in [7, 11) is 0. The number of hydrogen-bond acceptors (Lipinski definition) is 1. The summed E-state index contributed by atoms with van der Waals surface area (Å²) in [5.74, 6) is 0.523. The Balaban J connectivity index is 1.79. The van der Waals surface area contributed by atoms with E-state index in [4.69, 9.17) is 0 Å². The van der Waals surface area contributed by atoms with Gasteiger partial charge in [-0.15, -0.1) is 0 Å². The van der Waals surface area contributed by atoms with Crippen molar-refractivity contribution in [1.29, 1.82) is 0 Å². The second-order valence-corrected chi connectivity index (χ2v) is 20.7. The number of hydrogen-bond donors (Lipinski definition) is 0. The summed E-state index contributed by atoms with van der Waals surface area (Å²) in [6, 6.07) is 14.8. The maximum atomic E-state index is 2.64. The average molecular weight is 572 g/mol. The van der Waals surface area contributed by atoms with Gasteiger partial charge >= 0.3 is 232 Å². The summed E-state index contributed by atoms with van der Waals surface area (Å²) in [5.41, 5.74) is 12.2. The van der Waals surface area contributed by atoms with Gasteiger partial charge in [-0.2, -0.15) is 0 Å². The minimum absolute atomic E-state index is 0.119. The van der Waals surface area contributed by atoms with Gasteiger partial charge in [0.15, 0.2) is 0 Å². The van der Waals surface area contributed by atoms with Crippen LogP contribution in [0.3, 0.4) is 0 Å². The molecule has 1 unspecified atom stereocenters. The van der Waals surface area contributed by atoms with Crippen LogP contribution >= 0.6 is 11.3 Å². The third kappa shape index (κ3) is 4.58. The molecule has 0 N–H and O–H groups in total. The zero-order chi connectivity index (χ0) is 26.0. The standard InChI is InChI=1S/C21H25.C10H9S.C3H6.Zr/c1-20(2,3)16-9-7-14-11-15-8-10-17(21(4,5)6)13-19(15)18(14)12-16;1-8-2-3-9(6-8)10-4-5-11-7-10;1-3-2;/h7,9-10,12-13H,11H2,1-6H3;2-5,7-8H,1H3;1-2H3;. The molecule has 0 spiro atoms. The van der Waals surface area contributed by atoms with Crippen LogP contribution in [0.2, 0.25) is 0 Å². The molecule has 2 aliphatic rings. The van der Waals surface area contributed by atoms with Gasteiger partial charge in [0.25, 0.3) is 0 Å². The Morgan fingerprint density at radius 1 is 0.889 bits per heavy atom. The molecule has 0 saturated carbocycles. The molecule has 1 heterocycles. The fraction of sp³-hybridized carbons (Fsp3) is 0.382. The van der Waals surface area contributed by atoms with Crippen LogP contribution in [0, 0.1) is 5.92 Å². The van der Waals surface area contributed by atoms with Crippen LogP contribution in [0.5, 0.6) is 0 Å². The van der Waals surface area contributed by atoms with Crippen molar-refractivity contribution in [3.63, 3.8) is 0 Å². The van der Waals surface area contributed by atoms with Crippen LogP contribution in [0.1, 0.15) is 90.1 Å². The van der Waals surface area contributed by atoms with Crippen molar-refractivity contribution in [1.82, 2.24) is 0 Å². The predicted molar refractivity (Wildman–Crippen MR) is 158 cm³/mol. The topological polar surface area (TPSA) is 0 Å². The quantitative estimate of drug-likeness (QED) is 0.230.